The van der Waals surface area contributed by atoms with E-state index in [0.29, 0.717) is 12.4 Å². The summed E-state index contributed by atoms with van der Waals surface area (Å²) in [6.45, 7) is 2.18. The predicted molar refractivity (Wildman–Crippen MR) is 68.4 cm³/mol. The first-order valence-electron chi connectivity index (χ1n) is 6.04. The molecule has 1 aromatic rings. The molecule has 1 aliphatic heterocycles. The number of benzene rings is 1. The molecule has 2 N–H and O–H groups in total. The monoisotopic (exact) mass is 287 g/mol. The lowest BCUT2D eigenvalue weighted by Gasteiger charge is -2.15. The number of hydrogen-bond acceptors (Lipinski definition) is 5. The predicted octanol–water partition coefficient (Wildman–Crippen LogP) is -0.189. The molecule has 0 amide bonds. The highest BCUT2D eigenvalue weighted by Gasteiger charge is 2.37. The molecule has 6 nitrogen and oxygen atoms in total. The molecule has 1 fully saturated rings. The molecule has 2 rings (SSSR count). The van der Waals surface area contributed by atoms with Crippen LogP contribution >= 0.6 is 0 Å². The Kier molecular flexibility index (Phi) is 4.10. The second-order valence-corrected chi connectivity index (χ2v) is 6.30. The van der Waals surface area contributed by atoms with Crippen molar-refractivity contribution in [3.05, 3.63) is 24.3 Å². The average Bonchev–Trinajstić information content (AvgIpc) is 2.71. The van der Waals surface area contributed by atoms with Crippen LogP contribution in [0.3, 0.4) is 0 Å². The number of nitrogens with zero attached hydrogens (tertiary/aromatic N) is 1. The minimum absolute atomic E-state index is 0.0866. The molecule has 1 aromatic carbocycles. The zero-order chi connectivity index (χ0) is 14.0. The van der Waals surface area contributed by atoms with Crippen LogP contribution in [0.4, 0.5) is 0 Å². The summed E-state index contributed by atoms with van der Waals surface area (Å²) in [5.41, 5.74) is 0. The molecule has 0 radical (unpaired) electrons. The maximum absolute atomic E-state index is 12.3. The molecule has 106 valence electrons. The van der Waals surface area contributed by atoms with Crippen molar-refractivity contribution in [2.45, 2.75) is 24.0 Å². The van der Waals surface area contributed by atoms with Crippen LogP contribution in [0.15, 0.2) is 29.2 Å². The summed E-state index contributed by atoms with van der Waals surface area (Å²) in [5, 5.41) is 18.8. The van der Waals surface area contributed by atoms with Gasteiger partial charge in [0.15, 0.2) is 0 Å². The fraction of sp³-hybridized carbons (Fsp3) is 0.500. The van der Waals surface area contributed by atoms with Crippen LogP contribution in [0.5, 0.6) is 5.75 Å². The molecular formula is C12H17NO5S. The molecular weight excluding hydrogens is 270 g/mol. The highest BCUT2D eigenvalue weighted by molar-refractivity contribution is 7.89. The minimum Gasteiger partial charge on any atom is -0.494 e. The molecule has 1 saturated heterocycles. The third-order valence-corrected chi connectivity index (χ3v) is 4.84. The van der Waals surface area contributed by atoms with E-state index in [9.17, 15) is 18.6 Å². The molecule has 19 heavy (non-hydrogen) atoms. The first-order chi connectivity index (χ1) is 8.95. The van der Waals surface area contributed by atoms with E-state index in [1.165, 1.54) is 12.1 Å². The van der Waals surface area contributed by atoms with Crippen LogP contribution in [-0.4, -0.2) is 54.8 Å². The summed E-state index contributed by atoms with van der Waals surface area (Å²) >= 11 is 0. The van der Waals surface area contributed by atoms with E-state index in [1.807, 2.05) is 6.92 Å². The summed E-state index contributed by atoms with van der Waals surface area (Å²) in [5.74, 6) is 0.600. The summed E-state index contributed by atoms with van der Waals surface area (Å²) in [6.07, 6.45) is -2.06. The number of aliphatic hydroxyl groups is 2. The Morgan fingerprint density at radius 2 is 1.74 bits per heavy atom. The van der Waals surface area contributed by atoms with Crippen LogP contribution in [-0.2, 0) is 10.0 Å². The van der Waals surface area contributed by atoms with Crippen molar-refractivity contribution in [2.75, 3.05) is 19.7 Å². The van der Waals surface area contributed by atoms with Gasteiger partial charge in [-0.15, -0.1) is 0 Å². The Bertz CT molecular complexity index is 518. The Hall–Kier alpha value is -1.15. The Balaban J connectivity index is 2.20. The van der Waals surface area contributed by atoms with E-state index < -0.39 is 22.2 Å². The number of hydrogen-bond donors (Lipinski definition) is 2. The highest BCUT2D eigenvalue weighted by atomic mass is 32.2. The molecule has 0 saturated carbocycles. The highest BCUT2D eigenvalue weighted by Crippen LogP contribution is 2.23. The molecule has 1 aliphatic rings. The lowest BCUT2D eigenvalue weighted by molar-refractivity contribution is 0.0572. The number of rotatable bonds is 4. The minimum atomic E-state index is -3.68. The number of sulfonamides is 1. The first-order valence-corrected chi connectivity index (χ1v) is 7.48. The fourth-order valence-electron chi connectivity index (χ4n) is 1.95. The van der Waals surface area contributed by atoms with Crippen LogP contribution in [0, 0.1) is 0 Å². The van der Waals surface area contributed by atoms with Gasteiger partial charge in [0.05, 0.1) is 23.7 Å². The van der Waals surface area contributed by atoms with Gasteiger partial charge in [0.2, 0.25) is 10.0 Å². The first kappa shape index (κ1) is 14.3. The van der Waals surface area contributed by atoms with E-state index in [0.717, 1.165) is 4.31 Å². The van der Waals surface area contributed by atoms with E-state index in [2.05, 4.69) is 0 Å². The van der Waals surface area contributed by atoms with Gasteiger partial charge >= 0.3 is 0 Å². The van der Waals surface area contributed by atoms with Gasteiger partial charge in [0, 0.05) is 13.1 Å². The Labute approximate surface area is 112 Å². The van der Waals surface area contributed by atoms with E-state index in [-0.39, 0.29) is 18.0 Å². The van der Waals surface area contributed by atoms with E-state index in [4.69, 9.17) is 4.74 Å². The van der Waals surface area contributed by atoms with Crippen LogP contribution < -0.4 is 4.74 Å². The average molecular weight is 287 g/mol. The van der Waals surface area contributed by atoms with Gasteiger partial charge < -0.3 is 14.9 Å². The van der Waals surface area contributed by atoms with Crippen LogP contribution in [0.25, 0.3) is 0 Å². The second-order valence-electron chi connectivity index (χ2n) is 4.36. The van der Waals surface area contributed by atoms with E-state index in [1.54, 1.807) is 12.1 Å². The van der Waals surface area contributed by atoms with Gasteiger partial charge in [-0.2, -0.15) is 4.31 Å². The van der Waals surface area contributed by atoms with Crippen molar-refractivity contribution in [1.29, 1.82) is 0 Å². The quantitative estimate of drug-likeness (QED) is 0.801. The topological polar surface area (TPSA) is 87.1 Å². The SMILES string of the molecule is CCOc1ccc(S(=O)(=O)N2C[C@@H](O)[C@@H](O)C2)cc1. The molecule has 0 aliphatic carbocycles. The Morgan fingerprint density at radius 1 is 1.21 bits per heavy atom. The van der Waals surface area contributed by atoms with Crippen molar-refractivity contribution >= 4 is 10.0 Å². The maximum atomic E-state index is 12.3. The summed E-state index contributed by atoms with van der Waals surface area (Å²) in [4.78, 5) is 0.122. The standard InChI is InChI=1S/C12H17NO5S/c1-2-18-9-3-5-10(6-4-9)19(16,17)13-7-11(14)12(15)8-13/h3-6,11-12,14-15H,2,7-8H2,1H3/t11-,12+. The summed E-state index contributed by atoms with van der Waals surface area (Å²) < 4.78 is 30.8. The van der Waals surface area contributed by atoms with Gasteiger partial charge in [-0.25, -0.2) is 8.42 Å². The molecule has 0 bridgehead atoms. The largest absolute Gasteiger partial charge is 0.494 e. The van der Waals surface area contributed by atoms with Crippen molar-refractivity contribution in [3.63, 3.8) is 0 Å². The summed E-state index contributed by atoms with van der Waals surface area (Å²) in [6, 6.07) is 6.08. The molecule has 0 unspecified atom stereocenters. The summed E-state index contributed by atoms with van der Waals surface area (Å²) in [7, 11) is -3.68. The van der Waals surface area contributed by atoms with Crippen molar-refractivity contribution in [2.24, 2.45) is 0 Å². The zero-order valence-electron chi connectivity index (χ0n) is 10.6. The fourth-order valence-corrected chi connectivity index (χ4v) is 3.43. The van der Waals surface area contributed by atoms with Crippen molar-refractivity contribution in [1.82, 2.24) is 4.31 Å². The van der Waals surface area contributed by atoms with Crippen LogP contribution in [0.2, 0.25) is 0 Å². The molecule has 2 atom stereocenters. The lowest BCUT2D eigenvalue weighted by Crippen LogP contribution is -2.29. The molecule has 7 heteroatoms. The van der Waals surface area contributed by atoms with Gasteiger partial charge in [0.25, 0.3) is 0 Å². The van der Waals surface area contributed by atoms with Gasteiger partial charge in [-0.3, -0.25) is 0 Å². The normalized spacial score (nSPS) is 24.6. The van der Waals surface area contributed by atoms with E-state index >= 15 is 0 Å². The maximum Gasteiger partial charge on any atom is 0.243 e. The lowest BCUT2D eigenvalue weighted by atomic mass is 10.3. The van der Waals surface area contributed by atoms with Crippen molar-refractivity contribution < 1.29 is 23.4 Å². The number of β-amino-alcohol motifs (C(OH)–C–C–N with tert-alkyl or cyclic N) is 2. The van der Waals surface area contributed by atoms with Crippen molar-refractivity contribution in [3.8, 4) is 5.75 Å². The van der Waals surface area contributed by atoms with Gasteiger partial charge in [-0.1, -0.05) is 0 Å². The second kappa shape index (κ2) is 5.46. The van der Waals surface area contributed by atoms with Crippen LogP contribution in [0.1, 0.15) is 6.92 Å². The Morgan fingerprint density at radius 3 is 2.21 bits per heavy atom. The smallest absolute Gasteiger partial charge is 0.243 e. The third-order valence-electron chi connectivity index (χ3n) is 3.00. The third kappa shape index (κ3) is 2.89. The molecule has 0 aromatic heterocycles. The molecule has 1 heterocycles. The molecule has 0 spiro atoms. The van der Waals surface area contributed by atoms with Gasteiger partial charge in [-0.05, 0) is 31.2 Å². The van der Waals surface area contributed by atoms with Gasteiger partial charge in [0.1, 0.15) is 5.75 Å². The zero-order valence-corrected chi connectivity index (χ0v) is 11.4. The number of ether oxygens (including phenoxy) is 1. The number of aliphatic hydroxyl groups excluding tert-OH is 2.